The lowest BCUT2D eigenvalue weighted by Gasteiger charge is -2.08. The summed E-state index contributed by atoms with van der Waals surface area (Å²) in [5.74, 6) is 0.121. The maximum Gasteiger partial charge on any atom is 0.234 e. The van der Waals surface area contributed by atoms with E-state index in [1.165, 1.54) is 11.8 Å². The number of aromatic nitrogens is 2. The van der Waals surface area contributed by atoms with Gasteiger partial charge in [0.15, 0.2) is 5.16 Å². The second kappa shape index (κ2) is 7.79. The van der Waals surface area contributed by atoms with E-state index in [1.54, 1.807) is 29.7 Å². The number of amides is 1. The van der Waals surface area contributed by atoms with Gasteiger partial charge in [0.05, 0.1) is 16.3 Å². The second-order valence-corrected chi connectivity index (χ2v) is 7.32. The number of nitrogens with one attached hydrogen (secondary N) is 1. The van der Waals surface area contributed by atoms with Crippen LogP contribution in [0.15, 0.2) is 53.1 Å². The number of hydrogen-bond acceptors (Lipinski definition) is 5. The molecule has 0 aliphatic heterocycles. The zero-order chi connectivity index (χ0) is 16.9. The highest BCUT2D eigenvalue weighted by molar-refractivity contribution is 7.99. The lowest BCUT2D eigenvalue weighted by atomic mass is 10.2. The fourth-order valence-corrected chi connectivity index (χ4v) is 3.52. The first kappa shape index (κ1) is 17.0. The van der Waals surface area contributed by atoms with E-state index >= 15 is 0 Å². The van der Waals surface area contributed by atoms with E-state index in [1.807, 2.05) is 36.6 Å². The van der Waals surface area contributed by atoms with Crippen LogP contribution in [0.4, 0.5) is 5.69 Å². The van der Waals surface area contributed by atoms with E-state index in [0.29, 0.717) is 10.2 Å². The van der Waals surface area contributed by atoms with Crippen LogP contribution in [0.5, 0.6) is 0 Å². The molecule has 24 heavy (non-hydrogen) atoms. The van der Waals surface area contributed by atoms with Gasteiger partial charge in [0.1, 0.15) is 0 Å². The minimum atomic E-state index is -0.115. The van der Waals surface area contributed by atoms with Crippen LogP contribution in [0, 0.1) is 6.92 Å². The Kier molecular flexibility index (Phi) is 5.50. The van der Waals surface area contributed by atoms with Crippen LogP contribution in [0.1, 0.15) is 5.56 Å². The number of carbonyl (C=O) groups is 1. The molecule has 0 spiro atoms. The summed E-state index contributed by atoms with van der Waals surface area (Å²) in [5, 5.41) is 6.05. The van der Waals surface area contributed by atoms with E-state index in [9.17, 15) is 4.79 Å². The Morgan fingerprint density at radius 2 is 2.21 bits per heavy atom. The molecule has 0 bridgehead atoms. The Balaban J connectivity index is 1.62. The number of anilines is 1. The largest absolute Gasteiger partial charge is 0.325 e. The van der Waals surface area contributed by atoms with Crippen molar-refractivity contribution in [1.82, 2.24) is 9.97 Å². The van der Waals surface area contributed by atoms with Crippen molar-refractivity contribution in [2.75, 3.05) is 11.1 Å². The standard InChI is InChI=1S/C17H14ClN3OS2/c1-11-4-5-12(18)9-14(11)20-16(22)10-24-17-19-7-6-13(21-17)15-3-2-8-23-15/h2-9H,10H2,1H3,(H,20,22). The van der Waals surface area contributed by atoms with Crippen molar-refractivity contribution in [3.8, 4) is 10.6 Å². The molecule has 0 aliphatic carbocycles. The molecule has 0 aliphatic rings. The van der Waals surface area contributed by atoms with Crippen LogP contribution in [0.25, 0.3) is 10.6 Å². The molecule has 1 amide bonds. The zero-order valence-corrected chi connectivity index (χ0v) is 15.2. The molecule has 0 atom stereocenters. The third-order valence-corrected chi connectivity index (χ3v) is 5.20. The minimum Gasteiger partial charge on any atom is -0.325 e. The number of halogens is 1. The highest BCUT2D eigenvalue weighted by Crippen LogP contribution is 2.25. The molecule has 2 heterocycles. The van der Waals surface area contributed by atoms with Gasteiger partial charge in [-0.05, 0) is 42.1 Å². The van der Waals surface area contributed by atoms with Crippen molar-refractivity contribution >= 4 is 46.3 Å². The highest BCUT2D eigenvalue weighted by Gasteiger charge is 2.09. The third-order valence-electron chi connectivity index (χ3n) is 3.21. The van der Waals surface area contributed by atoms with Crippen LogP contribution in [-0.2, 0) is 4.79 Å². The molecule has 3 aromatic rings. The van der Waals surface area contributed by atoms with E-state index in [0.717, 1.165) is 21.8 Å². The molecule has 1 aromatic carbocycles. The van der Waals surface area contributed by atoms with Gasteiger partial charge in [0, 0.05) is 16.9 Å². The maximum atomic E-state index is 12.1. The summed E-state index contributed by atoms with van der Waals surface area (Å²) in [6.45, 7) is 1.92. The Morgan fingerprint density at radius 3 is 3.00 bits per heavy atom. The van der Waals surface area contributed by atoms with Crippen LogP contribution in [-0.4, -0.2) is 21.6 Å². The summed E-state index contributed by atoms with van der Waals surface area (Å²) < 4.78 is 0. The minimum absolute atomic E-state index is 0.115. The molecule has 0 radical (unpaired) electrons. The van der Waals surface area contributed by atoms with Gasteiger partial charge in [-0.3, -0.25) is 4.79 Å². The monoisotopic (exact) mass is 375 g/mol. The van der Waals surface area contributed by atoms with Crippen LogP contribution < -0.4 is 5.32 Å². The Hall–Kier alpha value is -1.89. The van der Waals surface area contributed by atoms with Gasteiger partial charge in [-0.15, -0.1) is 11.3 Å². The smallest absolute Gasteiger partial charge is 0.234 e. The van der Waals surface area contributed by atoms with Crippen molar-refractivity contribution < 1.29 is 4.79 Å². The van der Waals surface area contributed by atoms with Crippen molar-refractivity contribution in [3.05, 3.63) is 58.6 Å². The van der Waals surface area contributed by atoms with E-state index in [2.05, 4.69) is 15.3 Å². The van der Waals surface area contributed by atoms with Crippen LogP contribution in [0.2, 0.25) is 5.02 Å². The lowest BCUT2D eigenvalue weighted by Crippen LogP contribution is -2.15. The summed E-state index contributed by atoms with van der Waals surface area (Å²) >= 11 is 8.89. The summed E-state index contributed by atoms with van der Waals surface area (Å²) in [7, 11) is 0. The predicted octanol–water partition coefficient (Wildman–Crippen LogP) is 4.90. The summed E-state index contributed by atoms with van der Waals surface area (Å²) in [4.78, 5) is 21.9. The van der Waals surface area contributed by atoms with E-state index in [-0.39, 0.29) is 11.7 Å². The maximum absolute atomic E-state index is 12.1. The molecule has 2 aromatic heterocycles. The number of hydrogen-bond donors (Lipinski definition) is 1. The van der Waals surface area contributed by atoms with Crippen LogP contribution >= 0.6 is 34.7 Å². The predicted molar refractivity (Wildman–Crippen MR) is 101 cm³/mol. The molecule has 3 rings (SSSR count). The zero-order valence-electron chi connectivity index (χ0n) is 12.8. The molecule has 1 N–H and O–H groups in total. The number of aryl methyl sites for hydroxylation is 1. The molecular formula is C17H14ClN3OS2. The molecule has 0 saturated carbocycles. The Labute approximate surface area is 153 Å². The summed E-state index contributed by atoms with van der Waals surface area (Å²) in [5.41, 5.74) is 2.56. The van der Waals surface area contributed by atoms with Gasteiger partial charge in [0.25, 0.3) is 0 Å². The summed E-state index contributed by atoms with van der Waals surface area (Å²) in [6, 6.07) is 11.3. The average molecular weight is 376 g/mol. The van der Waals surface area contributed by atoms with E-state index < -0.39 is 0 Å². The van der Waals surface area contributed by atoms with Crippen molar-refractivity contribution in [3.63, 3.8) is 0 Å². The van der Waals surface area contributed by atoms with Crippen molar-refractivity contribution in [1.29, 1.82) is 0 Å². The number of rotatable bonds is 5. The topological polar surface area (TPSA) is 54.9 Å². The lowest BCUT2D eigenvalue weighted by molar-refractivity contribution is -0.113. The van der Waals surface area contributed by atoms with Gasteiger partial charge >= 0.3 is 0 Å². The summed E-state index contributed by atoms with van der Waals surface area (Å²) in [6.07, 6.45) is 1.71. The molecular weight excluding hydrogens is 362 g/mol. The molecule has 0 unspecified atom stereocenters. The normalized spacial score (nSPS) is 10.6. The number of benzene rings is 1. The SMILES string of the molecule is Cc1ccc(Cl)cc1NC(=O)CSc1nccc(-c2cccs2)n1. The Bertz CT molecular complexity index is 853. The number of nitrogens with zero attached hydrogens (tertiary/aromatic N) is 2. The van der Waals surface area contributed by atoms with Crippen LogP contribution in [0.3, 0.4) is 0 Å². The van der Waals surface area contributed by atoms with Gasteiger partial charge < -0.3 is 5.32 Å². The number of thioether (sulfide) groups is 1. The number of carbonyl (C=O) groups excluding carboxylic acids is 1. The Morgan fingerprint density at radius 1 is 1.33 bits per heavy atom. The molecule has 122 valence electrons. The fourth-order valence-electron chi connectivity index (χ4n) is 2.02. The van der Waals surface area contributed by atoms with E-state index in [4.69, 9.17) is 11.6 Å². The molecule has 0 saturated heterocycles. The van der Waals surface area contributed by atoms with Gasteiger partial charge in [-0.1, -0.05) is 35.5 Å². The van der Waals surface area contributed by atoms with Crippen molar-refractivity contribution in [2.45, 2.75) is 12.1 Å². The number of thiophene rings is 1. The van der Waals surface area contributed by atoms with Gasteiger partial charge in [-0.2, -0.15) is 0 Å². The first-order valence-corrected chi connectivity index (χ1v) is 9.42. The first-order valence-electron chi connectivity index (χ1n) is 7.17. The highest BCUT2D eigenvalue weighted by atomic mass is 35.5. The third kappa shape index (κ3) is 4.35. The van der Waals surface area contributed by atoms with Gasteiger partial charge in [-0.25, -0.2) is 9.97 Å². The first-order chi connectivity index (χ1) is 11.6. The quantitative estimate of drug-likeness (QED) is 0.509. The fraction of sp³-hybridized carbons (Fsp3) is 0.118. The molecule has 4 nitrogen and oxygen atoms in total. The second-order valence-electron chi connectivity index (χ2n) is 5.00. The average Bonchev–Trinajstić information content (AvgIpc) is 3.11. The van der Waals surface area contributed by atoms with Crippen molar-refractivity contribution in [2.24, 2.45) is 0 Å². The van der Waals surface area contributed by atoms with Gasteiger partial charge in [0.2, 0.25) is 5.91 Å². The molecule has 0 fully saturated rings. The molecule has 7 heteroatoms.